The zero-order valence-corrected chi connectivity index (χ0v) is 24.0. The van der Waals surface area contributed by atoms with E-state index in [0.29, 0.717) is 29.8 Å². The molecule has 0 saturated heterocycles. The summed E-state index contributed by atoms with van der Waals surface area (Å²) in [6.45, 7) is 9.83. The van der Waals surface area contributed by atoms with Crippen LogP contribution in [0, 0.1) is 11.6 Å². The maximum Gasteiger partial charge on any atom is 0.412 e. The molecule has 1 aromatic heterocycles. The number of pyridine rings is 1. The van der Waals surface area contributed by atoms with E-state index in [4.69, 9.17) is 14.2 Å². The van der Waals surface area contributed by atoms with Gasteiger partial charge in [-0.2, -0.15) is 0 Å². The maximum atomic E-state index is 14.7. The molecule has 2 aromatic carbocycles. The normalized spacial score (nSPS) is 16.9. The maximum absolute atomic E-state index is 14.7. The fraction of sp³-hybridized carbons (Fsp3) is 0.438. The number of amides is 1. The van der Waals surface area contributed by atoms with Crippen molar-refractivity contribution in [3.05, 3.63) is 89.2 Å². The Kier molecular flexibility index (Phi) is 11.4. The number of aromatic nitrogens is 1. The van der Waals surface area contributed by atoms with Crippen molar-refractivity contribution in [2.45, 2.75) is 91.1 Å². The van der Waals surface area contributed by atoms with Gasteiger partial charge < -0.3 is 14.2 Å². The molecule has 4 rings (SSSR count). The van der Waals surface area contributed by atoms with Crippen LogP contribution < -0.4 is 10.1 Å². The van der Waals surface area contributed by atoms with E-state index in [1.54, 1.807) is 39.1 Å². The van der Waals surface area contributed by atoms with Gasteiger partial charge in [0, 0.05) is 17.8 Å². The molecule has 216 valence electrons. The Bertz CT molecular complexity index is 1220. The summed E-state index contributed by atoms with van der Waals surface area (Å²) in [6, 6.07) is 15.2. The van der Waals surface area contributed by atoms with Gasteiger partial charge in [0.15, 0.2) is 11.6 Å². The lowest BCUT2D eigenvalue weighted by atomic mass is 9.82. The summed E-state index contributed by atoms with van der Waals surface area (Å²) in [7, 11) is 0. The van der Waals surface area contributed by atoms with Crippen molar-refractivity contribution in [1.82, 2.24) is 4.98 Å². The van der Waals surface area contributed by atoms with Crippen LogP contribution in [0.25, 0.3) is 0 Å². The SMILES string of the molecule is CC.CC(C)(C)OC(=O)Nc1cccnc1COC1CCC(c2cc(F)cc(F)c2OCc2ccccc2)CC1. The van der Waals surface area contributed by atoms with E-state index in [-0.39, 0.29) is 31.0 Å². The van der Waals surface area contributed by atoms with Crippen molar-refractivity contribution in [3.8, 4) is 5.75 Å². The van der Waals surface area contributed by atoms with E-state index in [1.165, 1.54) is 6.07 Å². The van der Waals surface area contributed by atoms with Crippen molar-refractivity contribution in [2.75, 3.05) is 5.32 Å². The van der Waals surface area contributed by atoms with Crippen LogP contribution in [-0.4, -0.2) is 22.8 Å². The first-order valence-corrected chi connectivity index (χ1v) is 13.9. The van der Waals surface area contributed by atoms with Gasteiger partial charge in [0.2, 0.25) is 0 Å². The van der Waals surface area contributed by atoms with E-state index in [2.05, 4.69) is 10.3 Å². The fourth-order valence-electron chi connectivity index (χ4n) is 4.58. The van der Waals surface area contributed by atoms with E-state index in [0.717, 1.165) is 24.5 Å². The first-order valence-electron chi connectivity index (χ1n) is 13.9. The third-order valence-corrected chi connectivity index (χ3v) is 6.36. The van der Waals surface area contributed by atoms with Gasteiger partial charge in [-0.25, -0.2) is 13.6 Å². The number of nitrogens with one attached hydrogen (secondary N) is 1. The van der Waals surface area contributed by atoms with Gasteiger partial charge in [0.25, 0.3) is 0 Å². The molecular weight excluding hydrogens is 514 g/mol. The minimum Gasteiger partial charge on any atom is -0.486 e. The summed E-state index contributed by atoms with van der Waals surface area (Å²) >= 11 is 0. The Morgan fingerprint density at radius 1 is 0.975 bits per heavy atom. The van der Waals surface area contributed by atoms with Crippen LogP contribution in [0.2, 0.25) is 0 Å². The first kappa shape index (κ1) is 31.0. The van der Waals surface area contributed by atoms with Crippen LogP contribution >= 0.6 is 0 Å². The molecule has 1 saturated carbocycles. The Morgan fingerprint density at radius 2 is 1.68 bits per heavy atom. The molecule has 0 bridgehead atoms. The predicted octanol–water partition coefficient (Wildman–Crippen LogP) is 8.56. The Hall–Kier alpha value is -3.52. The monoisotopic (exact) mass is 554 g/mol. The smallest absolute Gasteiger partial charge is 0.412 e. The number of nitrogens with zero attached hydrogens (tertiary/aromatic N) is 1. The highest BCUT2D eigenvalue weighted by Gasteiger charge is 2.28. The number of benzene rings is 2. The lowest BCUT2D eigenvalue weighted by molar-refractivity contribution is 0.0118. The van der Waals surface area contributed by atoms with Crippen molar-refractivity contribution in [3.63, 3.8) is 0 Å². The molecule has 0 unspecified atom stereocenters. The number of ether oxygens (including phenoxy) is 3. The van der Waals surface area contributed by atoms with E-state index in [9.17, 15) is 13.6 Å². The molecule has 40 heavy (non-hydrogen) atoms. The lowest BCUT2D eigenvalue weighted by Gasteiger charge is -2.30. The van der Waals surface area contributed by atoms with Crippen molar-refractivity contribution in [1.29, 1.82) is 0 Å². The van der Waals surface area contributed by atoms with Crippen LogP contribution in [0.3, 0.4) is 0 Å². The van der Waals surface area contributed by atoms with Crippen LogP contribution in [0.5, 0.6) is 5.75 Å². The fourth-order valence-corrected chi connectivity index (χ4v) is 4.58. The summed E-state index contributed by atoms with van der Waals surface area (Å²) in [6.07, 6.45) is 3.92. The zero-order chi connectivity index (χ0) is 29.1. The van der Waals surface area contributed by atoms with Gasteiger partial charge in [0.05, 0.1) is 24.1 Å². The summed E-state index contributed by atoms with van der Waals surface area (Å²) in [5.41, 5.74) is 1.99. The average molecular weight is 555 g/mol. The first-order chi connectivity index (χ1) is 19.2. The predicted molar refractivity (Wildman–Crippen MR) is 152 cm³/mol. The largest absolute Gasteiger partial charge is 0.486 e. The number of hydrogen-bond donors (Lipinski definition) is 1. The van der Waals surface area contributed by atoms with Gasteiger partial charge in [0.1, 0.15) is 18.0 Å². The molecule has 1 amide bonds. The van der Waals surface area contributed by atoms with Crippen molar-refractivity contribution >= 4 is 11.8 Å². The number of halogens is 2. The molecule has 1 aliphatic rings. The van der Waals surface area contributed by atoms with Gasteiger partial charge >= 0.3 is 6.09 Å². The molecule has 0 radical (unpaired) electrons. The molecule has 1 heterocycles. The number of anilines is 1. The third kappa shape index (κ3) is 9.30. The summed E-state index contributed by atoms with van der Waals surface area (Å²) in [5.74, 6) is -1.21. The molecule has 1 aliphatic carbocycles. The summed E-state index contributed by atoms with van der Waals surface area (Å²) in [4.78, 5) is 16.6. The highest BCUT2D eigenvalue weighted by atomic mass is 19.1. The van der Waals surface area contributed by atoms with Crippen LogP contribution in [0.1, 0.15) is 83.0 Å². The summed E-state index contributed by atoms with van der Waals surface area (Å²) in [5, 5.41) is 2.74. The minimum atomic E-state index is -0.686. The second kappa shape index (κ2) is 14.7. The Labute approximate surface area is 236 Å². The Morgan fingerprint density at radius 3 is 2.35 bits per heavy atom. The molecule has 6 nitrogen and oxygen atoms in total. The highest BCUT2D eigenvalue weighted by Crippen LogP contribution is 2.40. The molecule has 8 heteroatoms. The van der Waals surface area contributed by atoms with Gasteiger partial charge in [-0.15, -0.1) is 0 Å². The van der Waals surface area contributed by atoms with E-state index < -0.39 is 23.3 Å². The topological polar surface area (TPSA) is 69.7 Å². The molecular formula is C32H40F2N2O4. The van der Waals surface area contributed by atoms with Gasteiger partial charge in [-0.05, 0) is 76.1 Å². The second-order valence-corrected chi connectivity index (χ2v) is 10.5. The number of rotatable bonds is 8. The molecule has 3 aromatic rings. The zero-order valence-electron chi connectivity index (χ0n) is 24.0. The number of carbonyl (C=O) groups excluding carboxylic acids is 1. The van der Waals surface area contributed by atoms with Gasteiger partial charge in [-0.1, -0.05) is 44.2 Å². The molecule has 0 spiro atoms. The summed E-state index contributed by atoms with van der Waals surface area (Å²) < 4.78 is 46.2. The quantitative estimate of drug-likeness (QED) is 0.302. The third-order valence-electron chi connectivity index (χ3n) is 6.36. The van der Waals surface area contributed by atoms with E-state index >= 15 is 0 Å². The second-order valence-electron chi connectivity index (χ2n) is 10.5. The Balaban J connectivity index is 0.00000216. The lowest BCUT2D eigenvalue weighted by Crippen LogP contribution is -2.27. The molecule has 1 N–H and O–H groups in total. The van der Waals surface area contributed by atoms with Crippen molar-refractivity contribution < 1.29 is 27.8 Å². The number of hydrogen-bond acceptors (Lipinski definition) is 5. The molecule has 0 atom stereocenters. The van der Waals surface area contributed by atoms with E-state index in [1.807, 2.05) is 44.2 Å². The van der Waals surface area contributed by atoms with Crippen LogP contribution in [0.4, 0.5) is 19.3 Å². The standard InChI is InChI=1S/C30H34F2N2O4.C2H6/c1-30(2,3)38-29(35)34-26-10-7-15-33-27(26)19-36-23-13-11-21(12-14-23)24-16-22(31)17-25(32)28(24)37-18-20-8-5-4-6-9-20;1-2/h4-10,15-17,21,23H,11-14,18-19H2,1-3H3,(H,34,35);1-2H3. The average Bonchev–Trinajstić information content (AvgIpc) is 2.93. The van der Waals surface area contributed by atoms with Crippen LogP contribution in [0.15, 0.2) is 60.8 Å². The minimum absolute atomic E-state index is 0.0327. The van der Waals surface area contributed by atoms with Crippen LogP contribution in [-0.2, 0) is 22.7 Å². The molecule has 0 aliphatic heterocycles. The molecule has 1 fully saturated rings. The highest BCUT2D eigenvalue weighted by molar-refractivity contribution is 5.85. The van der Waals surface area contributed by atoms with Crippen molar-refractivity contribution in [2.24, 2.45) is 0 Å². The van der Waals surface area contributed by atoms with Gasteiger partial charge in [-0.3, -0.25) is 10.3 Å². The number of carbonyl (C=O) groups is 1.